The second kappa shape index (κ2) is 8.05. The van der Waals surface area contributed by atoms with Crippen LogP contribution in [0.15, 0.2) is 11.2 Å². The minimum absolute atomic E-state index is 0.239. The van der Waals surface area contributed by atoms with Gasteiger partial charge in [0.1, 0.15) is 0 Å². The second-order valence-electron chi connectivity index (χ2n) is 4.11. The SMILES string of the molecule is CN=C(NCCc1ncc(C)s1)NC(C)COC. The molecule has 1 rings (SSSR count). The van der Waals surface area contributed by atoms with Crippen LogP contribution in [-0.4, -0.2) is 44.3 Å². The Hall–Kier alpha value is -1.14. The van der Waals surface area contributed by atoms with Crippen molar-refractivity contribution in [1.82, 2.24) is 15.6 Å². The van der Waals surface area contributed by atoms with Crippen LogP contribution < -0.4 is 10.6 Å². The average Bonchev–Trinajstić information content (AvgIpc) is 2.74. The molecule has 0 radical (unpaired) electrons. The zero-order valence-corrected chi connectivity index (χ0v) is 12.3. The minimum atomic E-state index is 0.239. The van der Waals surface area contributed by atoms with E-state index in [9.17, 15) is 0 Å². The number of guanidine groups is 1. The molecule has 0 bridgehead atoms. The molecule has 1 aromatic rings. The van der Waals surface area contributed by atoms with Gasteiger partial charge in [-0.3, -0.25) is 4.99 Å². The maximum Gasteiger partial charge on any atom is 0.191 e. The molecule has 0 amide bonds. The summed E-state index contributed by atoms with van der Waals surface area (Å²) in [6, 6.07) is 0.239. The summed E-state index contributed by atoms with van der Waals surface area (Å²) in [6.07, 6.45) is 2.82. The molecule has 0 aromatic carbocycles. The van der Waals surface area contributed by atoms with Crippen LogP contribution in [0.4, 0.5) is 0 Å². The van der Waals surface area contributed by atoms with Crippen LogP contribution >= 0.6 is 11.3 Å². The van der Waals surface area contributed by atoms with Gasteiger partial charge in [-0.1, -0.05) is 0 Å². The van der Waals surface area contributed by atoms with E-state index >= 15 is 0 Å². The van der Waals surface area contributed by atoms with Gasteiger partial charge in [-0.25, -0.2) is 4.98 Å². The molecule has 1 aromatic heterocycles. The molecule has 0 aliphatic heterocycles. The molecule has 0 aliphatic rings. The Bertz CT molecular complexity index is 378. The van der Waals surface area contributed by atoms with Gasteiger partial charge in [0.2, 0.25) is 0 Å². The summed E-state index contributed by atoms with van der Waals surface area (Å²) < 4.78 is 5.07. The third-order valence-corrected chi connectivity index (χ3v) is 3.30. The fraction of sp³-hybridized carbons (Fsp3) is 0.667. The van der Waals surface area contributed by atoms with Crippen molar-refractivity contribution >= 4 is 17.3 Å². The molecule has 0 fully saturated rings. The standard InChI is InChI=1S/C12H22N4OS/c1-9(8-17-4)16-12(13-3)14-6-5-11-15-7-10(2)18-11/h7,9H,5-6,8H2,1-4H3,(H2,13,14,16). The summed E-state index contributed by atoms with van der Waals surface area (Å²) >= 11 is 1.74. The van der Waals surface area contributed by atoms with Crippen LogP contribution in [0.1, 0.15) is 16.8 Å². The lowest BCUT2D eigenvalue weighted by molar-refractivity contribution is 0.179. The molecule has 102 valence electrons. The van der Waals surface area contributed by atoms with Crippen molar-refractivity contribution < 1.29 is 4.74 Å². The van der Waals surface area contributed by atoms with E-state index in [-0.39, 0.29) is 6.04 Å². The molecule has 1 unspecified atom stereocenters. The molecular weight excluding hydrogens is 248 g/mol. The molecule has 2 N–H and O–H groups in total. The lowest BCUT2D eigenvalue weighted by Crippen LogP contribution is -2.44. The number of aromatic nitrogens is 1. The molecule has 0 saturated carbocycles. The fourth-order valence-electron chi connectivity index (χ4n) is 1.52. The summed E-state index contributed by atoms with van der Waals surface area (Å²) in [4.78, 5) is 9.75. The summed E-state index contributed by atoms with van der Waals surface area (Å²) in [5, 5.41) is 7.68. The zero-order chi connectivity index (χ0) is 13.4. The number of ether oxygens (including phenoxy) is 1. The predicted octanol–water partition coefficient (Wildman–Crippen LogP) is 1.19. The third-order valence-electron chi connectivity index (χ3n) is 2.32. The molecule has 18 heavy (non-hydrogen) atoms. The van der Waals surface area contributed by atoms with E-state index in [0.717, 1.165) is 23.9 Å². The Morgan fingerprint density at radius 3 is 2.94 bits per heavy atom. The molecule has 0 spiro atoms. The van der Waals surface area contributed by atoms with E-state index in [1.165, 1.54) is 4.88 Å². The van der Waals surface area contributed by atoms with E-state index in [4.69, 9.17) is 4.74 Å². The average molecular weight is 270 g/mol. The fourth-order valence-corrected chi connectivity index (χ4v) is 2.31. The molecule has 0 aliphatic carbocycles. The molecule has 1 atom stereocenters. The Morgan fingerprint density at radius 1 is 1.61 bits per heavy atom. The van der Waals surface area contributed by atoms with Gasteiger partial charge in [0.25, 0.3) is 0 Å². The van der Waals surface area contributed by atoms with Crippen molar-refractivity contribution in [2.24, 2.45) is 4.99 Å². The van der Waals surface area contributed by atoms with Gasteiger partial charge in [0.15, 0.2) is 5.96 Å². The van der Waals surface area contributed by atoms with Crippen LogP contribution in [0.25, 0.3) is 0 Å². The van der Waals surface area contributed by atoms with Gasteiger partial charge in [-0.2, -0.15) is 0 Å². The summed E-state index contributed by atoms with van der Waals surface area (Å²) in [6.45, 7) is 5.61. The molecular formula is C12H22N4OS. The maximum atomic E-state index is 5.07. The van der Waals surface area contributed by atoms with Gasteiger partial charge >= 0.3 is 0 Å². The largest absolute Gasteiger partial charge is 0.383 e. The summed E-state index contributed by atoms with van der Waals surface area (Å²) in [5.41, 5.74) is 0. The van der Waals surface area contributed by atoms with Crippen molar-refractivity contribution in [3.63, 3.8) is 0 Å². The smallest absolute Gasteiger partial charge is 0.191 e. The van der Waals surface area contributed by atoms with E-state index in [0.29, 0.717) is 6.61 Å². The quantitative estimate of drug-likeness (QED) is 0.602. The van der Waals surface area contributed by atoms with Crippen LogP contribution in [0.5, 0.6) is 0 Å². The highest BCUT2D eigenvalue weighted by molar-refractivity contribution is 7.11. The molecule has 6 heteroatoms. The topological polar surface area (TPSA) is 58.5 Å². The molecule has 0 saturated heterocycles. The first-order chi connectivity index (χ1) is 8.65. The van der Waals surface area contributed by atoms with Crippen molar-refractivity contribution in [3.05, 3.63) is 16.1 Å². The van der Waals surface area contributed by atoms with E-state index in [2.05, 4.69) is 34.5 Å². The number of nitrogens with zero attached hydrogens (tertiary/aromatic N) is 2. The maximum absolute atomic E-state index is 5.07. The number of hydrogen-bond acceptors (Lipinski definition) is 4. The summed E-state index contributed by atoms with van der Waals surface area (Å²) in [5.74, 6) is 0.799. The van der Waals surface area contributed by atoms with Crippen LogP contribution in [0.3, 0.4) is 0 Å². The highest BCUT2D eigenvalue weighted by Gasteiger charge is 2.04. The third kappa shape index (κ3) is 5.46. The number of aliphatic imine (C=N–C) groups is 1. The van der Waals surface area contributed by atoms with Gasteiger partial charge in [0.05, 0.1) is 11.6 Å². The first-order valence-electron chi connectivity index (χ1n) is 6.03. The van der Waals surface area contributed by atoms with E-state index in [1.807, 2.05) is 6.20 Å². The number of aryl methyl sites for hydroxylation is 1. The Labute approximate surface area is 113 Å². The number of rotatable bonds is 6. The van der Waals surface area contributed by atoms with Gasteiger partial charge in [-0.15, -0.1) is 11.3 Å². The highest BCUT2D eigenvalue weighted by Crippen LogP contribution is 2.10. The number of thiazole rings is 1. The number of nitrogens with one attached hydrogen (secondary N) is 2. The zero-order valence-electron chi connectivity index (χ0n) is 11.5. The van der Waals surface area contributed by atoms with Crippen molar-refractivity contribution in [2.45, 2.75) is 26.3 Å². The number of methoxy groups -OCH3 is 1. The lowest BCUT2D eigenvalue weighted by atomic mass is 10.4. The van der Waals surface area contributed by atoms with Crippen molar-refractivity contribution in [2.75, 3.05) is 27.3 Å². The van der Waals surface area contributed by atoms with Crippen LogP contribution in [-0.2, 0) is 11.2 Å². The molecule has 1 heterocycles. The monoisotopic (exact) mass is 270 g/mol. The Kier molecular flexibility index (Phi) is 6.67. The van der Waals surface area contributed by atoms with E-state index in [1.54, 1.807) is 25.5 Å². The van der Waals surface area contributed by atoms with Crippen molar-refractivity contribution in [3.8, 4) is 0 Å². The Balaban J connectivity index is 2.27. The first kappa shape index (κ1) is 14.9. The van der Waals surface area contributed by atoms with E-state index < -0.39 is 0 Å². The second-order valence-corrected chi connectivity index (χ2v) is 5.43. The lowest BCUT2D eigenvalue weighted by Gasteiger charge is -2.16. The minimum Gasteiger partial charge on any atom is -0.383 e. The number of hydrogen-bond donors (Lipinski definition) is 2. The van der Waals surface area contributed by atoms with Crippen molar-refractivity contribution in [1.29, 1.82) is 0 Å². The summed E-state index contributed by atoms with van der Waals surface area (Å²) in [7, 11) is 3.46. The van der Waals surface area contributed by atoms with Crippen LogP contribution in [0.2, 0.25) is 0 Å². The normalized spacial score (nSPS) is 13.4. The highest BCUT2D eigenvalue weighted by atomic mass is 32.1. The van der Waals surface area contributed by atoms with Gasteiger partial charge < -0.3 is 15.4 Å². The Morgan fingerprint density at radius 2 is 2.39 bits per heavy atom. The predicted molar refractivity (Wildman–Crippen MR) is 76.4 cm³/mol. The van der Waals surface area contributed by atoms with Crippen LogP contribution in [0, 0.1) is 6.92 Å². The van der Waals surface area contributed by atoms with Gasteiger partial charge in [-0.05, 0) is 13.8 Å². The molecule has 5 nitrogen and oxygen atoms in total. The first-order valence-corrected chi connectivity index (χ1v) is 6.84. The van der Waals surface area contributed by atoms with Gasteiger partial charge in [0, 0.05) is 44.2 Å².